The average molecular weight is 416 g/mol. The molecular formula is C21H18ClNO2S2. The third-order valence-electron chi connectivity index (χ3n) is 6.53. The average Bonchev–Trinajstić information content (AvgIpc) is 3.43. The fourth-order valence-corrected chi connectivity index (χ4v) is 8.46. The molecule has 3 heterocycles. The fourth-order valence-electron chi connectivity index (χ4n) is 5.46. The van der Waals surface area contributed by atoms with Crippen LogP contribution in [-0.2, 0) is 0 Å². The summed E-state index contributed by atoms with van der Waals surface area (Å²) in [4.78, 5) is 16.4. The molecule has 27 heavy (non-hydrogen) atoms. The molecule has 138 valence electrons. The minimum atomic E-state index is 0.0503. The molecule has 1 aliphatic heterocycles. The van der Waals surface area contributed by atoms with Gasteiger partial charge in [0.05, 0.1) is 15.8 Å². The monoisotopic (exact) mass is 415 g/mol. The number of hydrogen-bond donors (Lipinski definition) is 1. The number of benzene rings is 1. The molecule has 3 aromatic rings. The zero-order valence-corrected chi connectivity index (χ0v) is 16.9. The highest BCUT2D eigenvalue weighted by molar-refractivity contribution is 8.00. The van der Waals surface area contributed by atoms with Crippen molar-refractivity contribution in [3.63, 3.8) is 0 Å². The highest BCUT2D eigenvalue weighted by Gasteiger charge is 2.55. The van der Waals surface area contributed by atoms with Gasteiger partial charge in [0, 0.05) is 15.8 Å². The maximum atomic E-state index is 12.1. The van der Waals surface area contributed by atoms with Gasteiger partial charge in [-0.1, -0.05) is 22.9 Å². The van der Waals surface area contributed by atoms with Crippen molar-refractivity contribution in [2.24, 2.45) is 17.8 Å². The number of fused-ring (bicyclic) bond motifs is 6. The van der Waals surface area contributed by atoms with Crippen molar-refractivity contribution in [1.29, 1.82) is 0 Å². The molecule has 6 rings (SSSR count). The van der Waals surface area contributed by atoms with Gasteiger partial charge in [0.15, 0.2) is 0 Å². The quantitative estimate of drug-likeness (QED) is 0.558. The number of nitrogens with one attached hydrogen (secondary N) is 1. The van der Waals surface area contributed by atoms with E-state index in [0.29, 0.717) is 11.2 Å². The summed E-state index contributed by atoms with van der Waals surface area (Å²) in [5, 5.41) is 2.41. The van der Waals surface area contributed by atoms with E-state index in [9.17, 15) is 4.79 Å². The predicted molar refractivity (Wildman–Crippen MR) is 110 cm³/mol. The first kappa shape index (κ1) is 16.5. The third-order valence-corrected chi connectivity index (χ3v) is 9.40. The first-order valence-corrected chi connectivity index (χ1v) is 11.5. The van der Waals surface area contributed by atoms with Crippen molar-refractivity contribution in [3.05, 3.63) is 61.7 Å². The summed E-state index contributed by atoms with van der Waals surface area (Å²) >= 11 is 9.30. The van der Waals surface area contributed by atoms with Crippen molar-refractivity contribution in [3.8, 4) is 11.3 Å². The number of aromatic nitrogens is 1. The van der Waals surface area contributed by atoms with E-state index in [1.54, 1.807) is 0 Å². The minimum Gasteiger partial charge on any atom is -0.460 e. The van der Waals surface area contributed by atoms with Gasteiger partial charge in [-0.2, -0.15) is 0 Å². The van der Waals surface area contributed by atoms with E-state index in [0.717, 1.165) is 39.0 Å². The van der Waals surface area contributed by atoms with Crippen LogP contribution in [-0.4, -0.2) is 10.2 Å². The maximum Gasteiger partial charge on any atom is 0.305 e. The Morgan fingerprint density at radius 1 is 1.07 bits per heavy atom. The Morgan fingerprint density at radius 2 is 1.89 bits per heavy atom. The molecule has 2 bridgehead atoms. The fraction of sp³-hybridized carbons (Fsp3) is 0.381. The molecule has 2 saturated carbocycles. The van der Waals surface area contributed by atoms with Gasteiger partial charge in [0.25, 0.3) is 0 Å². The smallest absolute Gasteiger partial charge is 0.305 e. The molecule has 2 aromatic heterocycles. The SMILES string of the molecule is O=c1[nH]c2c(s1)[C@H](c1ccc(-c3ccc(Cl)cc3)o1)[C@@H]1[C@H]3CC[C@@H](C3)[C@H]1S2. The van der Waals surface area contributed by atoms with Crippen LogP contribution >= 0.6 is 34.7 Å². The van der Waals surface area contributed by atoms with Crippen molar-refractivity contribution >= 4 is 34.7 Å². The van der Waals surface area contributed by atoms with Crippen LogP contribution in [0.4, 0.5) is 0 Å². The number of aromatic amines is 1. The normalized spacial score (nSPS) is 31.1. The Balaban J connectivity index is 1.45. The van der Waals surface area contributed by atoms with Crippen LogP contribution in [0.1, 0.15) is 35.8 Å². The van der Waals surface area contributed by atoms with Gasteiger partial charge in [0.2, 0.25) is 0 Å². The molecule has 0 unspecified atom stereocenters. The largest absolute Gasteiger partial charge is 0.460 e. The minimum absolute atomic E-state index is 0.0503. The molecule has 3 nitrogen and oxygen atoms in total. The van der Waals surface area contributed by atoms with E-state index < -0.39 is 0 Å². The summed E-state index contributed by atoms with van der Waals surface area (Å²) in [7, 11) is 0. The van der Waals surface area contributed by atoms with E-state index >= 15 is 0 Å². The van der Waals surface area contributed by atoms with Crippen LogP contribution in [0.3, 0.4) is 0 Å². The second-order valence-corrected chi connectivity index (χ2v) is 10.5. The summed E-state index contributed by atoms with van der Waals surface area (Å²) in [6, 6.07) is 11.9. The van der Waals surface area contributed by atoms with Gasteiger partial charge in [-0.3, -0.25) is 4.79 Å². The van der Waals surface area contributed by atoms with Gasteiger partial charge < -0.3 is 9.40 Å². The molecule has 1 N–H and O–H groups in total. The second kappa shape index (κ2) is 6.03. The Morgan fingerprint density at radius 3 is 2.74 bits per heavy atom. The lowest BCUT2D eigenvalue weighted by Crippen LogP contribution is -2.33. The summed E-state index contributed by atoms with van der Waals surface area (Å²) < 4.78 is 6.37. The molecule has 0 amide bonds. The van der Waals surface area contributed by atoms with E-state index in [1.165, 1.54) is 35.5 Å². The van der Waals surface area contributed by atoms with Gasteiger partial charge in [0.1, 0.15) is 11.5 Å². The topological polar surface area (TPSA) is 46.0 Å². The van der Waals surface area contributed by atoms with Crippen LogP contribution < -0.4 is 4.87 Å². The number of thioether (sulfide) groups is 1. The van der Waals surface area contributed by atoms with Crippen LogP contribution in [0.15, 0.2) is 50.6 Å². The van der Waals surface area contributed by atoms with Crippen molar-refractivity contribution in [2.45, 2.75) is 35.5 Å². The molecule has 5 atom stereocenters. The summed E-state index contributed by atoms with van der Waals surface area (Å²) in [5.74, 6) is 4.19. The van der Waals surface area contributed by atoms with E-state index in [4.69, 9.17) is 16.0 Å². The summed E-state index contributed by atoms with van der Waals surface area (Å²) in [6.45, 7) is 0. The summed E-state index contributed by atoms with van der Waals surface area (Å²) in [5.41, 5.74) is 1.03. The Kier molecular flexibility index (Phi) is 3.69. The molecule has 0 saturated heterocycles. The Hall–Kier alpha value is -1.43. The van der Waals surface area contributed by atoms with Gasteiger partial charge >= 0.3 is 4.87 Å². The number of H-pyrrole nitrogens is 1. The van der Waals surface area contributed by atoms with E-state index in [1.807, 2.05) is 36.0 Å². The highest BCUT2D eigenvalue weighted by atomic mass is 35.5. The van der Waals surface area contributed by atoms with Crippen molar-refractivity contribution in [1.82, 2.24) is 4.98 Å². The summed E-state index contributed by atoms with van der Waals surface area (Å²) in [6.07, 6.45) is 3.99. The van der Waals surface area contributed by atoms with Crippen molar-refractivity contribution in [2.75, 3.05) is 0 Å². The molecule has 6 heteroatoms. The van der Waals surface area contributed by atoms with E-state index in [-0.39, 0.29) is 10.8 Å². The zero-order chi connectivity index (χ0) is 18.1. The lowest BCUT2D eigenvalue weighted by atomic mass is 9.77. The first-order chi connectivity index (χ1) is 13.2. The Labute approximate surface area is 170 Å². The molecule has 0 radical (unpaired) electrons. The number of hydrogen-bond acceptors (Lipinski definition) is 4. The molecule has 2 aliphatic carbocycles. The lowest BCUT2D eigenvalue weighted by Gasteiger charge is -2.38. The standard InChI is InChI=1S/C21H18ClNO2S2/c22-13-5-3-10(4-6-13)14-7-8-15(25-14)17-16-11-1-2-12(9-11)18(16)26-20-19(17)27-21(24)23-20/h3-8,11-12,16-18H,1-2,9H2,(H,23,24)/t11-,12-,16-,17+,18+/m0/s1. The number of thiazole rings is 1. The lowest BCUT2D eigenvalue weighted by molar-refractivity contribution is 0.285. The van der Waals surface area contributed by atoms with Gasteiger partial charge in [-0.25, -0.2) is 0 Å². The van der Waals surface area contributed by atoms with Gasteiger partial charge in [-0.05, 0) is 73.4 Å². The Bertz CT molecular complexity index is 1070. The number of halogens is 1. The van der Waals surface area contributed by atoms with Crippen molar-refractivity contribution < 1.29 is 4.42 Å². The van der Waals surface area contributed by atoms with Crippen LogP contribution in [0.25, 0.3) is 11.3 Å². The van der Waals surface area contributed by atoms with Crippen LogP contribution in [0, 0.1) is 17.8 Å². The molecule has 2 fully saturated rings. The number of rotatable bonds is 2. The molecular weight excluding hydrogens is 398 g/mol. The van der Waals surface area contributed by atoms with Crippen LogP contribution in [0.2, 0.25) is 5.02 Å². The highest BCUT2D eigenvalue weighted by Crippen LogP contribution is 2.63. The zero-order valence-electron chi connectivity index (χ0n) is 14.5. The number of furan rings is 1. The molecule has 1 aromatic carbocycles. The second-order valence-electron chi connectivity index (χ2n) is 7.89. The molecule has 0 spiro atoms. The first-order valence-electron chi connectivity index (χ1n) is 9.43. The maximum absolute atomic E-state index is 12.1. The van der Waals surface area contributed by atoms with Gasteiger partial charge in [-0.15, -0.1) is 11.8 Å². The van der Waals surface area contributed by atoms with Crippen LogP contribution in [0.5, 0.6) is 0 Å². The molecule has 3 aliphatic rings. The van der Waals surface area contributed by atoms with E-state index in [2.05, 4.69) is 17.1 Å². The predicted octanol–water partition coefficient (Wildman–Crippen LogP) is 6.00. The third kappa shape index (κ3) is 2.51.